The largest absolute Gasteiger partial charge is 0.309 e. The van der Waals surface area contributed by atoms with Crippen LogP contribution in [-0.4, -0.2) is 4.57 Å². The van der Waals surface area contributed by atoms with E-state index in [1.807, 2.05) is 0 Å². The molecule has 0 amide bonds. The van der Waals surface area contributed by atoms with Crippen molar-refractivity contribution in [1.82, 2.24) is 4.57 Å². The smallest absolute Gasteiger partial charge is 0.0542 e. The zero-order valence-electron chi connectivity index (χ0n) is 31.2. The fourth-order valence-electron chi connectivity index (χ4n) is 9.82. The summed E-state index contributed by atoms with van der Waals surface area (Å²) in [7, 11) is 0. The summed E-state index contributed by atoms with van der Waals surface area (Å²) in [6.45, 7) is 0. The quantitative estimate of drug-likeness (QED) is 0.176. The number of anilines is 3. The lowest BCUT2D eigenvalue weighted by Gasteiger charge is -2.27. The van der Waals surface area contributed by atoms with Crippen LogP contribution in [0.25, 0.3) is 72.0 Å². The summed E-state index contributed by atoms with van der Waals surface area (Å²) in [5.74, 6) is 0.0513. The Kier molecular flexibility index (Phi) is 7.02. The molecule has 0 fully saturated rings. The van der Waals surface area contributed by atoms with E-state index in [-0.39, 0.29) is 5.92 Å². The summed E-state index contributed by atoms with van der Waals surface area (Å²) in [5, 5.41) is 2.47. The van der Waals surface area contributed by atoms with Crippen LogP contribution in [0.1, 0.15) is 22.6 Å². The van der Waals surface area contributed by atoms with Gasteiger partial charge in [0.15, 0.2) is 0 Å². The van der Waals surface area contributed by atoms with E-state index in [0.29, 0.717) is 0 Å². The summed E-state index contributed by atoms with van der Waals surface area (Å²) in [6.07, 6.45) is 0. The van der Waals surface area contributed by atoms with Crippen molar-refractivity contribution in [1.29, 1.82) is 0 Å². The van der Waals surface area contributed by atoms with E-state index >= 15 is 0 Å². The molecule has 1 aliphatic carbocycles. The number of aromatic nitrogens is 1. The highest BCUT2D eigenvalue weighted by Crippen LogP contribution is 2.52. The van der Waals surface area contributed by atoms with Crippen LogP contribution in [0.5, 0.6) is 0 Å². The number of hydrogen-bond donors (Lipinski definition) is 0. The van der Waals surface area contributed by atoms with Crippen LogP contribution in [0.3, 0.4) is 0 Å². The van der Waals surface area contributed by atoms with Gasteiger partial charge < -0.3 is 9.47 Å². The molecular formula is C55H36N2. The second kappa shape index (κ2) is 12.6. The molecule has 2 heteroatoms. The maximum atomic E-state index is 2.48. The number of para-hydroxylation sites is 3. The predicted octanol–water partition coefficient (Wildman–Crippen LogP) is 14.7. The van der Waals surface area contributed by atoms with Gasteiger partial charge in [-0.2, -0.15) is 0 Å². The Morgan fingerprint density at radius 2 is 0.719 bits per heavy atom. The highest BCUT2D eigenvalue weighted by Gasteiger charge is 2.30. The molecule has 1 aromatic heterocycles. The van der Waals surface area contributed by atoms with Gasteiger partial charge in [0.2, 0.25) is 0 Å². The summed E-state index contributed by atoms with van der Waals surface area (Å²) in [5.41, 5.74) is 21.1. The van der Waals surface area contributed by atoms with Crippen molar-refractivity contribution in [2.24, 2.45) is 0 Å². The lowest BCUT2D eigenvalue weighted by atomic mass is 9.82. The van der Waals surface area contributed by atoms with Crippen molar-refractivity contribution < 1.29 is 0 Å². The molecule has 10 aromatic rings. The van der Waals surface area contributed by atoms with Crippen LogP contribution in [0.4, 0.5) is 17.1 Å². The number of benzene rings is 9. The van der Waals surface area contributed by atoms with Gasteiger partial charge in [-0.1, -0.05) is 158 Å². The molecule has 12 rings (SSSR count). The molecular weight excluding hydrogens is 689 g/mol. The summed E-state index contributed by atoms with van der Waals surface area (Å²) >= 11 is 0. The zero-order valence-corrected chi connectivity index (χ0v) is 31.2. The van der Waals surface area contributed by atoms with Crippen molar-refractivity contribution in [2.75, 3.05) is 4.90 Å². The van der Waals surface area contributed by atoms with Gasteiger partial charge in [-0.25, -0.2) is 0 Å². The molecule has 0 unspecified atom stereocenters. The van der Waals surface area contributed by atoms with Crippen LogP contribution >= 0.6 is 0 Å². The van der Waals surface area contributed by atoms with E-state index in [1.165, 1.54) is 94.4 Å². The Morgan fingerprint density at radius 3 is 1.28 bits per heavy atom. The number of rotatable bonds is 3. The lowest BCUT2D eigenvalue weighted by Crippen LogP contribution is -2.10. The van der Waals surface area contributed by atoms with E-state index in [1.54, 1.807) is 0 Å². The molecule has 0 atom stereocenters. The standard InChI is InChI=1S/C55H36N2/c1-2-16-37(17-3-1)56-53-32-30-36(55-47-26-10-8-22-43(47)39-18-4-5-19-40(39)44-23-9-11-27-48(44)55)34-49(53)50-35-38(31-33-54(50)56)57-51-28-14-12-24-45(51)41-20-6-7-21-42(41)46-25-13-15-29-52(46)57/h1-35,55H. The van der Waals surface area contributed by atoms with E-state index in [0.717, 1.165) is 11.4 Å². The highest BCUT2D eigenvalue weighted by atomic mass is 15.1. The average molecular weight is 725 g/mol. The van der Waals surface area contributed by atoms with E-state index in [2.05, 4.69) is 222 Å². The molecule has 0 saturated carbocycles. The van der Waals surface area contributed by atoms with E-state index in [4.69, 9.17) is 0 Å². The third kappa shape index (κ3) is 4.77. The molecule has 0 saturated heterocycles. The monoisotopic (exact) mass is 724 g/mol. The van der Waals surface area contributed by atoms with Crippen molar-refractivity contribution >= 4 is 38.9 Å². The van der Waals surface area contributed by atoms with Gasteiger partial charge in [-0.3, -0.25) is 0 Å². The maximum absolute atomic E-state index is 2.48. The molecule has 0 N–H and O–H groups in total. The fourth-order valence-corrected chi connectivity index (χ4v) is 9.82. The minimum atomic E-state index is 0.0513. The Morgan fingerprint density at radius 1 is 0.298 bits per heavy atom. The van der Waals surface area contributed by atoms with Gasteiger partial charge >= 0.3 is 0 Å². The predicted molar refractivity (Wildman–Crippen MR) is 238 cm³/mol. The number of fused-ring (bicyclic) bond motifs is 13. The first kappa shape index (κ1) is 31.9. The highest BCUT2D eigenvalue weighted by molar-refractivity contribution is 6.12. The fraction of sp³-hybridized carbons (Fsp3) is 0.0182. The molecule has 2 aliphatic rings. The second-order valence-electron chi connectivity index (χ2n) is 15.2. The average Bonchev–Trinajstić information content (AvgIpc) is 3.46. The summed E-state index contributed by atoms with van der Waals surface area (Å²) < 4.78 is 2.43. The first-order valence-electron chi connectivity index (χ1n) is 19.8. The van der Waals surface area contributed by atoms with Crippen LogP contribution in [0.15, 0.2) is 212 Å². The Hall–Kier alpha value is -7.42. The molecule has 57 heavy (non-hydrogen) atoms. The minimum Gasteiger partial charge on any atom is -0.309 e. The number of hydrogen-bond acceptors (Lipinski definition) is 1. The zero-order chi connectivity index (χ0) is 37.5. The molecule has 0 spiro atoms. The van der Waals surface area contributed by atoms with Gasteiger partial charge in [0.1, 0.15) is 0 Å². The molecule has 9 aromatic carbocycles. The normalized spacial score (nSPS) is 12.8. The van der Waals surface area contributed by atoms with Gasteiger partial charge in [-0.15, -0.1) is 0 Å². The first-order valence-corrected chi connectivity index (χ1v) is 19.8. The topological polar surface area (TPSA) is 8.17 Å². The Labute approximate surface area is 332 Å². The van der Waals surface area contributed by atoms with Crippen LogP contribution in [0.2, 0.25) is 0 Å². The van der Waals surface area contributed by atoms with E-state index < -0.39 is 0 Å². The van der Waals surface area contributed by atoms with Crippen molar-refractivity contribution in [3.63, 3.8) is 0 Å². The maximum Gasteiger partial charge on any atom is 0.0542 e. The van der Waals surface area contributed by atoms with Gasteiger partial charge in [0.05, 0.1) is 22.4 Å². The van der Waals surface area contributed by atoms with Crippen LogP contribution in [-0.2, 0) is 0 Å². The van der Waals surface area contributed by atoms with Crippen LogP contribution in [0, 0.1) is 0 Å². The van der Waals surface area contributed by atoms with Gasteiger partial charge in [0.25, 0.3) is 0 Å². The van der Waals surface area contributed by atoms with E-state index in [9.17, 15) is 0 Å². The Balaban J connectivity index is 1.13. The number of nitrogens with zero attached hydrogens (tertiary/aromatic N) is 2. The van der Waals surface area contributed by atoms with Crippen LogP contribution < -0.4 is 4.90 Å². The molecule has 266 valence electrons. The third-order valence-corrected chi connectivity index (χ3v) is 12.2. The Bertz CT molecular complexity index is 2880. The van der Waals surface area contributed by atoms with Crippen molar-refractivity contribution in [3.05, 3.63) is 229 Å². The first-order chi connectivity index (χ1) is 28.3. The SMILES string of the molecule is c1ccc(-n2c3ccc(C4c5ccccc5-c5ccccc5-c5ccccc54)cc3c3cc(N4c5ccccc5-c5ccccc5-c5ccccc54)ccc32)cc1. The summed E-state index contributed by atoms with van der Waals surface area (Å²) in [6, 6.07) is 78.5. The molecule has 1 aliphatic heterocycles. The van der Waals surface area contributed by atoms with Gasteiger partial charge in [0, 0.05) is 39.2 Å². The second-order valence-corrected chi connectivity index (χ2v) is 15.2. The van der Waals surface area contributed by atoms with Crippen molar-refractivity contribution in [2.45, 2.75) is 5.92 Å². The molecule has 2 heterocycles. The van der Waals surface area contributed by atoms with Gasteiger partial charge in [-0.05, 0) is 105 Å². The molecule has 0 radical (unpaired) electrons. The molecule has 2 nitrogen and oxygen atoms in total. The third-order valence-electron chi connectivity index (χ3n) is 12.2. The van der Waals surface area contributed by atoms with Crippen molar-refractivity contribution in [3.8, 4) is 50.2 Å². The summed E-state index contributed by atoms with van der Waals surface area (Å²) in [4.78, 5) is 2.47. The molecule has 0 bridgehead atoms. The minimum absolute atomic E-state index is 0.0513. The lowest BCUT2D eigenvalue weighted by molar-refractivity contribution is 0.990.